The van der Waals surface area contributed by atoms with Crippen LogP contribution in [0.1, 0.15) is 25.1 Å². The lowest BCUT2D eigenvalue weighted by Gasteiger charge is -2.20. The molecule has 4 rings (SSSR count). The topological polar surface area (TPSA) is 91.4 Å². The molecule has 172 valence electrons. The number of benzene rings is 2. The first-order chi connectivity index (χ1) is 15.6. The number of halogens is 1. The number of hydrogen-bond donors (Lipinski definition) is 2. The monoisotopic (exact) mass is 528 g/mol. The van der Waals surface area contributed by atoms with Gasteiger partial charge in [0, 0.05) is 28.5 Å². The minimum absolute atomic E-state index is 0.183. The zero-order chi connectivity index (χ0) is 23.8. The maximum absolute atomic E-state index is 13.0. The van der Waals surface area contributed by atoms with E-state index in [1.54, 1.807) is 17.0 Å². The Morgan fingerprint density at radius 2 is 1.73 bits per heavy atom. The fraction of sp³-hybridized carbons (Fsp3) is 0.250. The van der Waals surface area contributed by atoms with Crippen LogP contribution < -0.4 is 14.9 Å². The molecule has 0 bridgehead atoms. The number of aromatic nitrogens is 1. The van der Waals surface area contributed by atoms with Gasteiger partial charge in [0.25, 0.3) is 0 Å². The van der Waals surface area contributed by atoms with E-state index in [1.165, 1.54) is 19.2 Å². The summed E-state index contributed by atoms with van der Waals surface area (Å²) in [6, 6.07) is 18.1. The molecule has 7 nitrogen and oxygen atoms in total. The molecule has 2 aromatic carbocycles. The molecule has 1 aromatic heterocycles. The summed E-state index contributed by atoms with van der Waals surface area (Å²) < 4.78 is 27.0. The number of nitrogens with one attached hydrogen (secondary N) is 2. The first-order valence-corrected chi connectivity index (χ1v) is 12.7. The highest BCUT2D eigenvalue weighted by molar-refractivity contribution is 9.10. The van der Waals surface area contributed by atoms with Crippen molar-refractivity contribution in [3.8, 4) is 11.3 Å². The van der Waals surface area contributed by atoms with E-state index in [9.17, 15) is 13.2 Å². The number of anilines is 1. The number of amides is 2. The number of hydrogen-bond acceptors (Lipinski definition) is 4. The molecule has 2 heterocycles. The second kappa shape index (κ2) is 8.89. The lowest BCUT2D eigenvalue weighted by atomic mass is 9.91. The molecular formula is C24H25BrN4O3S. The Labute approximate surface area is 202 Å². The van der Waals surface area contributed by atoms with Gasteiger partial charge < -0.3 is 5.32 Å². The van der Waals surface area contributed by atoms with Gasteiger partial charge in [-0.3, -0.25) is 9.88 Å². The largest absolute Gasteiger partial charge is 0.334 e. The van der Waals surface area contributed by atoms with Crippen molar-refractivity contribution in [2.75, 3.05) is 18.5 Å². The van der Waals surface area contributed by atoms with E-state index in [0.717, 1.165) is 32.7 Å². The van der Waals surface area contributed by atoms with E-state index in [1.807, 2.05) is 36.4 Å². The molecule has 3 aromatic rings. The quantitative estimate of drug-likeness (QED) is 0.512. The summed E-state index contributed by atoms with van der Waals surface area (Å²) in [5.74, 6) is 0. The molecule has 0 radical (unpaired) electrons. The number of carbonyl (C=O) groups excluding carboxylic acids is 1. The van der Waals surface area contributed by atoms with E-state index in [-0.39, 0.29) is 22.9 Å². The average Bonchev–Trinajstić information content (AvgIpc) is 3.08. The Balaban J connectivity index is 1.50. The van der Waals surface area contributed by atoms with Crippen LogP contribution in [0.4, 0.5) is 10.5 Å². The Bertz CT molecular complexity index is 1290. The fourth-order valence-electron chi connectivity index (χ4n) is 3.86. The van der Waals surface area contributed by atoms with Crippen LogP contribution >= 0.6 is 15.9 Å². The van der Waals surface area contributed by atoms with Gasteiger partial charge in [-0.1, -0.05) is 54.0 Å². The van der Waals surface area contributed by atoms with Crippen molar-refractivity contribution in [2.45, 2.75) is 30.7 Å². The lowest BCUT2D eigenvalue weighted by molar-refractivity contribution is 0.245. The highest BCUT2D eigenvalue weighted by atomic mass is 79.9. The average molecular weight is 529 g/mol. The molecule has 2 N–H and O–H groups in total. The standard InChI is InChI=1S/C24H25BrN4O3S/c1-24(2)15-29(21-13-12-20(28-22(21)24)17-6-8-18(25)9-7-17)23(30)27-14-16-4-10-19(11-5-16)33(31,32)26-3/h4-13,26H,14-15H2,1-3H3,(H,27,30). The molecule has 0 aliphatic carbocycles. The molecule has 0 fully saturated rings. The highest BCUT2D eigenvalue weighted by Crippen LogP contribution is 2.40. The lowest BCUT2D eigenvalue weighted by Crippen LogP contribution is -2.41. The van der Waals surface area contributed by atoms with Gasteiger partial charge in [-0.15, -0.1) is 0 Å². The van der Waals surface area contributed by atoms with Crippen LogP contribution in [0.15, 0.2) is 70.0 Å². The summed E-state index contributed by atoms with van der Waals surface area (Å²) in [6.45, 7) is 4.97. The van der Waals surface area contributed by atoms with Crippen molar-refractivity contribution in [2.24, 2.45) is 0 Å². The second-order valence-electron chi connectivity index (χ2n) is 8.55. The Kier molecular flexibility index (Phi) is 6.30. The number of pyridine rings is 1. The molecule has 2 amide bonds. The molecule has 0 saturated heterocycles. The van der Waals surface area contributed by atoms with Crippen LogP contribution in [0.3, 0.4) is 0 Å². The van der Waals surface area contributed by atoms with Crippen LogP contribution in [0, 0.1) is 0 Å². The van der Waals surface area contributed by atoms with Gasteiger partial charge in [0.15, 0.2) is 0 Å². The maximum Gasteiger partial charge on any atom is 0.322 e. The predicted molar refractivity (Wildman–Crippen MR) is 133 cm³/mol. The van der Waals surface area contributed by atoms with E-state index in [2.05, 4.69) is 39.8 Å². The summed E-state index contributed by atoms with van der Waals surface area (Å²) in [6.07, 6.45) is 0. The minimum Gasteiger partial charge on any atom is -0.334 e. The van der Waals surface area contributed by atoms with Crippen LogP contribution in [0.25, 0.3) is 11.3 Å². The van der Waals surface area contributed by atoms with E-state index in [0.29, 0.717) is 6.54 Å². The van der Waals surface area contributed by atoms with Gasteiger partial charge in [0.05, 0.1) is 22.0 Å². The zero-order valence-corrected chi connectivity index (χ0v) is 21.0. The summed E-state index contributed by atoms with van der Waals surface area (Å²) in [7, 11) is -2.12. The van der Waals surface area contributed by atoms with Crippen LogP contribution in [0.2, 0.25) is 0 Å². The molecular weight excluding hydrogens is 504 g/mol. The number of sulfonamides is 1. The number of carbonyl (C=O) groups is 1. The van der Waals surface area contributed by atoms with Gasteiger partial charge in [-0.05, 0) is 49.0 Å². The van der Waals surface area contributed by atoms with Crippen LogP contribution in [0.5, 0.6) is 0 Å². The van der Waals surface area contributed by atoms with Crippen molar-refractivity contribution in [3.63, 3.8) is 0 Å². The van der Waals surface area contributed by atoms with Crippen LogP contribution in [-0.4, -0.2) is 33.0 Å². The third kappa shape index (κ3) is 4.80. The number of fused-ring (bicyclic) bond motifs is 1. The van der Waals surface area contributed by atoms with E-state index < -0.39 is 10.0 Å². The summed E-state index contributed by atoms with van der Waals surface area (Å²) in [5.41, 5.74) is 4.09. The molecule has 33 heavy (non-hydrogen) atoms. The SMILES string of the molecule is CNS(=O)(=O)c1ccc(CNC(=O)N2CC(C)(C)c3nc(-c4ccc(Br)cc4)ccc32)cc1. The molecule has 0 unspecified atom stereocenters. The molecule has 0 spiro atoms. The molecule has 1 aliphatic heterocycles. The Morgan fingerprint density at radius 1 is 1.06 bits per heavy atom. The van der Waals surface area contributed by atoms with Crippen molar-refractivity contribution in [1.82, 2.24) is 15.0 Å². The van der Waals surface area contributed by atoms with Crippen molar-refractivity contribution in [3.05, 3.63) is 76.4 Å². The Hall–Kier alpha value is -2.75. The first-order valence-electron chi connectivity index (χ1n) is 10.5. The normalized spacial score (nSPS) is 14.7. The van der Waals surface area contributed by atoms with Gasteiger partial charge in [-0.25, -0.2) is 17.9 Å². The van der Waals surface area contributed by atoms with Gasteiger partial charge in [-0.2, -0.15) is 0 Å². The third-order valence-electron chi connectivity index (χ3n) is 5.69. The number of nitrogens with zero attached hydrogens (tertiary/aromatic N) is 2. The fourth-order valence-corrected chi connectivity index (χ4v) is 4.86. The Morgan fingerprint density at radius 3 is 2.36 bits per heavy atom. The maximum atomic E-state index is 13.0. The molecule has 9 heteroatoms. The van der Waals surface area contributed by atoms with Crippen molar-refractivity contribution >= 4 is 37.7 Å². The first kappa shape index (κ1) is 23.4. The summed E-state index contributed by atoms with van der Waals surface area (Å²) in [5, 5.41) is 2.93. The van der Waals surface area contributed by atoms with E-state index in [4.69, 9.17) is 4.98 Å². The van der Waals surface area contributed by atoms with Crippen LogP contribution in [-0.2, 0) is 22.0 Å². The predicted octanol–water partition coefficient (Wildman–Crippen LogP) is 4.43. The third-order valence-corrected chi connectivity index (χ3v) is 7.65. The van der Waals surface area contributed by atoms with Gasteiger partial charge >= 0.3 is 6.03 Å². The number of urea groups is 1. The van der Waals surface area contributed by atoms with Crippen molar-refractivity contribution < 1.29 is 13.2 Å². The number of rotatable bonds is 5. The minimum atomic E-state index is -3.49. The second-order valence-corrected chi connectivity index (χ2v) is 11.4. The molecule has 0 saturated carbocycles. The smallest absolute Gasteiger partial charge is 0.322 e. The van der Waals surface area contributed by atoms with E-state index >= 15 is 0 Å². The molecule has 1 aliphatic rings. The highest BCUT2D eigenvalue weighted by Gasteiger charge is 2.39. The summed E-state index contributed by atoms with van der Waals surface area (Å²) >= 11 is 3.46. The van der Waals surface area contributed by atoms with Crippen molar-refractivity contribution in [1.29, 1.82) is 0 Å². The molecule has 0 atom stereocenters. The zero-order valence-electron chi connectivity index (χ0n) is 18.6. The van der Waals surface area contributed by atoms with Gasteiger partial charge in [0.1, 0.15) is 0 Å². The van der Waals surface area contributed by atoms with Gasteiger partial charge in [0.2, 0.25) is 10.0 Å². The summed E-state index contributed by atoms with van der Waals surface area (Å²) in [4.78, 5) is 19.8.